The molecule has 1 aliphatic carbocycles. The van der Waals surface area contributed by atoms with Crippen LogP contribution in [0, 0.1) is 17.1 Å². The third kappa shape index (κ3) is 1.91. The molecule has 0 unspecified atom stereocenters. The van der Waals surface area contributed by atoms with Crippen molar-refractivity contribution in [1.29, 1.82) is 5.26 Å². The van der Waals surface area contributed by atoms with E-state index in [1.165, 1.54) is 18.2 Å². The highest BCUT2D eigenvalue weighted by Gasteiger charge is 2.46. The Balaban J connectivity index is 2.55. The first-order valence-electron chi connectivity index (χ1n) is 5.94. The number of nitrogens with zero attached hydrogens (tertiary/aromatic N) is 1. The van der Waals surface area contributed by atoms with E-state index in [1.54, 1.807) is 0 Å². The van der Waals surface area contributed by atoms with Crippen LogP contribution in [0.15, 0.2) is 29.2 Å². The summed E-state index contributed by atoms with van der Waals surface area (Å²) in [4.78, 5) is -0.353. The third-order valence-corrected chi connectivity index (χ3v) is 5.94. The number of rotatable bonds is 2. The highest BCUT2D eigenvalue weighted by Crippen LogP contribution is 2.39. The summed E-state index contributed by atoms with van der Waals surface area (Å²) < 4.78 is 37.2. The lowest BCUT2D eigenvalue weighted by Gasteiger charge is -2.30. The van der Waals surface area contributed by atoms with Crippen molar-refractivity contribution in [2.45, 2.75) is 41.7 Å². The molecule has 0 saturated heterocycles. The molecular weight excluding hydrogens is 253 g/mol. The molecule has 18 heavy (non-hydrogen) atoms. The zero-order valence-electron chi connectivity index (χ0n) is 9.89. The Labute approximate surface area is 106 Å². The van der Waals surface area contributed by atoms with Gasteiger partial charge in [0, 0.05) is 0 Å². The van der Waals surface area contributed by atoms with Gasteiger partial charge in [0.05, 0.1) is 6.07 Å². The molecule has 0 bridgehead atoms. The average Bonchev–Trinajstić information content (AvgIpc) is 2.39. The SMILES string of the molecule is N#CC1(S(=O)(=O)c2ccccc2F)CCCCC1. The summed E-state index contributed by atoms with van der Waals surface area (Å²) in [5, 5.41) is 9.28. The van der Waals surface area contributed by atoms with Crippen LogP contribution >= 0.6 is 0 Å². The fraction of sp³-hybridized carbons (Fsp3) is 0.462. The van der Waals surface area contributed by atoms with E-state index in [0.717, 1.165) is 12.5 Å². The normalized spacial score (nSPS) is 19.1. The quantitative estimate of drug-likeness (QED) is 0.827. The standard InChI is InChI=1S/C13H14FNO2S/c14-11-6-2-3-7-12(11)18(16,17)13(10-15)8-4-1-5-9-13/h2-3,6-7H,1,4-5,8-9H2. The molecule has 1 aromatic carbocycles. The van der Waals surface area contributed by atoms with Crippen LogP contribution in [0.3, 0.4) is 0 Å². The van der Waals surface area contributed by atoms with E-state index < -0.39 is 20.4 Å². The fourth-order valence-electron chi connectivity index (χ4n) is 2.44. The van der Waals surface area contributed by atoms with E-state index in [2.05, 4.69) is 0 Å². The molecule has 3 nitrogen and oxygen atoms in total. The van der Waals surface area contributed by atoms with Gasteiger partial charge < -0.3 is 0 Å². The topological polar surface area (TPSA) is 57.9 Å². The van der Waals surface area contributed by atoms with E-state index in [9.17, 15) is 18.1 Å². The minimum Gasteiger partial charge on any atom is -0.222 e. The Kier molecular flexibility index (Phi) is 3.40. The summed E-state index contributed by atoms with van der Waals surface area (Å²) in [7, 11) is -3.94. The predicted molar refractivity (Wildman–Crippen MR) is 65.0 cm³/mol. The van der Waals surface area contributed by atoms with E-state index in [-0.39, 0.29) is 4.90 Å². The van der Waals surface area contributed by atoms with Crippen molar-refractivity contribution in [1.82, 2.24) is 0 Å². The molecule has 0 spiro atoms. The van der Waals surface area contributed by atoms with Gasteiger partial charge in [-0.1, -0.05) is 31.4 Å². The first kappa shape index (κ1) is 13.0. The van der Waals surface area contributed by atoms with Crippen molar-refractivity contribution in [3.63, 3.8) is 0 Å². The van der Waals surface area contributed by atoms with Crippen LogP contribution in [0.4, 0.5) is 4.39 Å². The number of hydrogen-bond donors (Lipinski definition) is 0. The second-order valence-electron chi connectivity index (χ2n) is 4.60. The largest absolute Gasteiger partial charge is 0.222 e. The van der Waals surface area contributed by atoms with E-state index in [1.807, 2.05) is 6.07 Å². The van der Waals surface area contributed by atoms with E-state index >= 15 is 0 Å². The second-order valence-corrected chi connectivity index (χ2v) is 6.83. The smallest absolute Gasteiger partial charge is 0.200 e. The summed E-state index contributed by atoms with van der Waals surface area (Å²) in [5.41, 5.74) is 0. The van der Waals surface area contributed by atoms with Gasteiger partial charge in [0.2, 0.25) is 0 Å². The number of sulfone groups is 1. The van der Waals surface area contributed by atoms with Crippen LogP contribution in [0.25, 0.3) is 0 Å². The number of hydrogen-bond acceptors (Lipinski definition) is 3. The van der Waals surface area contributed by atoms with Crippen molar-refractivity contribution in [2.75, 3.05) is 0 Å². The third-order valence-electron chi connectivity index (χ3n) is 3.51. The molecule has 0 radical (unpaired) electrons. The van der Waals surface area contributed by atoms with Crippen molar-refractivity contribution in [2.24, 2.45) is 0 Å². The molecule has 2 rings (SSSR count). The second kappa shape index (κ2) is 4.69. The van der Waals surface area contributed by atoms with Gasteiger partial charge in [0.25, 0.3) is 0 Å². The molecule has 0 amide bonds. The van der Waals surface area contributed by atoms with E-state index in [0.29, 0.717) is 25.7 Å². The van der Waals surface area contributed by atoms with Gasteiger partial charge in [0.15, 0.2) is 14.6 Å². The Morgan fingerprint density at radius 2 is 1.78 bits per heavy atom. The first-order valence-corrected chi connectivity index (χ1v) is 7.42. The summed E-state index contributed by atoms with van der Waals surface area (Å²) >= 11 is 0. The predicted octanol–water partition coefficient (Wildman–Crippen LogP) is 2.83. The lowest BCUT2D eigenvalue weighted by atomic mass is 9.89. The minimum absolute atomic E-state index is 0.292. The molecule has 0 heterocycles. The Morgan fingerprint density at radius 3 is 2.33 bits per heavy atom. The van der Waals surface area contributed by atoms with Gasteiger partial charge in [-0.05, 0) is 25.0 Å². The minimum atomic E-state index is -3.94. The van der Waals surface area contributed by atoms with Gasteiger partial charge >= 0.3 is 0 Å². The average molecular weight is 267 g/mol. The molecule has 0 N–H and O–H groups in total. The maximum Gasteiger partial charge on any atom is 0.200 e. The summed E-state index contributed by atoms with van der Waals surface area (Å²) in [6, 6.07) is 7.19. The Morgan fingerprint density at radius 1 is 1.17 bits per heavy atom. The summed E-state index contributed by atoms with van der Waals surface area (Å²) in [6.07, 6.45) is 2.90. The number of benzene rings is 1. The fourth-order valence-corrected chi connectivity index (χ4v) is 4.39. The lowest BCUT2D eigenvalue weighted by molar-refractivity contribution is 0.427. The maximum absolute atomic E-state index is 13.7. The van der Waals surface area contributed by atoms with Gasteiger partial charge in [-0.15, -0.1) is 0 Å². The monoisotopic (exact) mass is 267 g/mol. The van der Waals surface area contributed by atoms with Crippen LogP contribution in [0.2, 0.25) is 0 Å². The first-order chi connectivity index (χ1) is 8.53. The highest BCUT2D eigenvalue weighted by molar-refractivity contribution is 7.93. The molecule has 5 heteroatoms. The Hall–Kier alpha value is -1.41. The Bertz CT molecular complexity index is 583. The van der Waals surface area contributed by atoms with Gasteiger partial charge in [0.1, 0.15) is 10.7 Å². The molecule has 0 atom stereocenters. The molecule has 1 aliphatic rings. The van der Waals surface area contributed by atoms with Crippen molar-refractivity contribution >= 4 is 9.84 Å². The maximum atomic E-state index is 13.7. The van der Waals surface area contributed by atoms with Gasteiger partial charge in [-0.3, -0.25) is 0 Å². The zero-order valence-corrected chi connectivity index (χ0v) is 10.7. The summed E-state index contributed by atoms with van der Waals surface area (Å²) in [6.45, 7) is 0. The molecule has 96 valence electrons. The molecule has 0 aliphatic heterocycles. The molecule has 1 saturated carbocycles. The van der Waals surface area contributed by atoms with Gasteiger partial charge in [-0.25, -0.2) is 12.8 Å². The lowest BCUT2D eigenvalue weighted by Crippen LogP contribution is -2.39. The van der Waals surface area contributed by atoms with Crippen LogP contribution in [-0.4, -0.2) is 13.2 Å². The summed E-state index contributed by atoms with van der Waals surface area (Å²) in [5.74, 6) is -0.780. The van der Waals surface area contributed by atoms with Crippen LogP contribution in [0.5, 0.6) is 0 Å². The molecular formula is C13H14FNO2S. The number of nitriles is 1. The van der Waals surface area contributed by atoms with Crippen molar-refractivity contribution < 1.29 is 12.8 Å². The van der Waals surface area contributed by atoms with E-state index in [4.69, 9.17) is 0 Å². The van der Waals surface area contributed by atoms with Crippen LogP contribution in [-0.2, 0) is 9.84 Å². The van der Waals surface area contributed by atoms with Crippen molar-refractivity contribution in [3.05, 3.63) is 30.1 Å². The van der Waals surface area contributed by atoms with Gasteiger partial charge in [-0.2, -0.15) is 5.26 Å². The molecule has 0 aromatic heterocycles. The number of halogens is 1. The molecule has 1 fully saturated rings. The zero-order chi connectivity index (χ0) is 13.2. The van der Waals surface area contributed by atoms with Crippen LogP contribution < -0.4 is 0 Å². The van der Waals surface area contributed by atoms with Crippen molar-refractivity contribution in [3.8, 4) is 6.07 Å². The molecule has 1 aromatic rings. The van der Waals surface area contributed by atoms with Crippen LogP contribution in [0.1, 0.15) is 32.1 Å². The highest BCUT2D eigenvalue weighted by atomic mass is 32.2.